The molecule has 0 aliphatic rings. The second kappa shape index (κ2) is 7.35. The number of carbonyl (C=O) groups is 2. The summed E-state index contributed by atoms with van der Waals surface area (Å²) in [4.78, 5) is 24.0. The lowest BCUT2D eigenvalue weighted by molar-refractivity contribution is -0.119. The number of nitrogens with one attached hydrogen (secondary N) is 1. The van der Waals surface area contributed by atoms with Crippen LogP contribution < -0.4 is 11.1 Å². The van der Waals surface area contributed by atoms with E-state index in [-0.39, 0.29) is 5.91 Å². The molecule has 126 valence electrons. The molecule has 25 heavy (non-hydrogen) atoms. The molecule has 0 saturated heterocycles. The van der Waals surface area contributed by atoms with Crippen LogP contribution in [0.3, 0.4) is 0 Å². The van der Waals surface area contributed by atoms with Gasteiger partial charge in [-0.05, 0) is 34.2 Å². The van der Waals surface area contributed by atoms with Crippen LogP contribution in [-0.2, 0) is 11.2 Å². The highest BCUT2D eigenvalue weighted by Gasteiger charge is 2.22. The first-order valence-electron chi connectivity index (χ1n) is 7.60. The molecule has 1 atom stereocenters. The van der Waals surface area contributed by atoms with Gasteiger partial charge < -0.3 is 11.1 Å². The number of benzene rings is 2. The summed E-state index contributed by atoms with van der Waals surface area (Å²) in [6.07, 6.45) is 1.82. The van der Waals surface area contributed by atoms with E-state index in [1.54, 1.807) is 18.2 Å². The molecular formula is C17H16N6O2. The van der Waals surface area contributed by atoms with E-state index in [4.69, 9.17) is 5.73 Å². The predicted molar refractivity (Wildman–Crippen MR) is 90.6 cm³/mol. The van der Waals surface area contributed by atoms with Crippen LogP contribution in [0.4, 0.5) is 5.69 Å². The number of aromatic nitrogens is 4. The van der Waals surface area contributed by atoms with Crippen molar-refractivity contribution in [3.8, 4) is 0 Å². The highest BCUT2D eigenvalue weighted by molar-refractivity contribution is 5.97. The fourth-order valence-corrected chi connectivity index (χ4v) is 2.43. The molecule has 0 aliphatic carbocycles. The number of nitrogens with zero attached hydrogens (tertiary/aromatic N) is 4. The zero-order valence-corrected chi connectivity index (χ0v) is 13.2. The zero-order valence-electron chi connectivity index (χ0n) is 13.2. The van der Waals surface area contributed by atoms with Gasteiger partial charge in [-0.1, -0.05) is 36.4 Å². The number of nitrogens with two attached hydrogens (primary N) is 1. The maximum Gasteiger partial charge on any atom is 0.249 e. The molecule has 8 nitrogen and oxygen atoms in total. The van der Waals surface area contributed by atoms with Gasteiger partial charge in [-0.2, -0.15) is 0 Å². The molecule has 0 fully saturated rings. The molecular weight excluding hydrogens is 320 g/mol. The number of primary amides is 1. The van der Waals surface area contributed by atoms with Gasteiger partial charge in [0, 0.05) is 17.7 Å². The standard InChI is InChI=1S/C17H16N6O2/c18-16(24)13-7-4-8-14(10-13)20-17(25)15(23-11-19-21-22-23)9-12-5-2-1-3-6-12/h1-8,10-11,15H,9H2,(H2,18,24)(H,20,25)/t15-/m0/s1. The summed E-state index contributed by atoms with van der Waals surface area (Å²) in [7, 11) is 0. The average Bonchev–Trinajstić information content (AvgIpc) is 3.15. The van der Waals surface area contributed by atoms with Crippen LogP contribution in [0.1, 0.15) is 22.0 Å². The molecule has 0 radical (unpaired) electrons. The molecule has 0 spiro atoms. The van der Waals surface area contributed by atoms with Crippen molar-refractivity contribution in [2.24, 2.45) is 5.73 Å². The smallest absolute Gasteiger partial charge is 0.249 e. The first kappa shape index (κ1) is 16.3. The van der Waals surface area contributed by atoms with E-state index in [9.17, 15) is 9.59 Å². The molecule has 0 unspecified atom stereocenters. The molecule has 0 aliphatic heterocycles. The first-order valence-corrected chi connectivity index (χ1v) is 7.60. The van der Waals surface area contributed by atoms with Crippen LogP contribution in [0.2, 0.25) is 0 Å². The summed E-state index contributed by atoms with van der Waals surface area (Å²) in [6, 6.07) is 15.4. The van der Waals surface area contributed by atoms with Crippen molar-refractivity contribution in [1.29, 1.82) is 0 Å². The fraction of sp³-hybridized carbons (Fsp3) is 0.118. The van der Waals surface area contributed by atoms with Crippen LogP contribution in [0.15, 0.2) is 60.9 Å². The van der Waals surface area contributed by atoms with E-state index < -0.39 is 11.9 Å². The number of tetrazole rings is 1. The second-order valence-electron chi connectivity index (χ2n) is 5.43. The summed E-state index contributed by atoms with van der Waals surface area (Å²) in [5.41, 5.74) is 7.04. The molecule has 3 rings (SSSR count). The third-order valence-corrected chi connectivity index (χ3v) is 3.67. The van der Waals surface area contributed by atoms with Crippen LogP contribution in [0.25, 0.3) is 0 Å². The molecule has 3 aromatic rings. The number of hydrogen-bond donors (Lipinski definition) is 2. The maximum atomic E-state index is 12.8. The van der Waals surface area contributed by atoms with E-state index in [0.29, 0.717) is 17.7 Å². The number of hydrogen-bond acceptors (Lipinski definition) is 5. The Morgan fingerprint density at radius 3 is 2.60 bits per heavy atom. The third-order valence-electron chi connectivity index (χ3n) is 3.67. The number of rotatable bonds is 6. The molecule has 8 heteroatoms. The molecule has 3 N–H and O–H groups in total. The highest BCUT2D eigenvalue weighted by atomic mass is 16.2. The van der Waals surface area contributed by atoms with Crippen molar-refractivity contribution < 1.29 is 9.59 Å². The lowest BCUT2D eigenvalue weighted by Crippen LogP contribution is -2.28. The van der Waals surface area contributed by atoms with Crippen molar-refractivity contribution in [2.75, 3.05) is 5.32 Å². The minimum atomic E-state index is -0.630. The van der Waals surface area contributed by atoms with Gasteiger partial charge in [0.1, 0.15) is 12.4 Å². The average molecular weight is 336 g/mol. The summed E-state index contributed by atoms with van der Waals surface area (Å²) in [6.45, 7) is 0. The second-order valence-corrected chi connectivity index (χ2v) is 5.43. The van der Waals surface area contributed by atoms with Crippen molar-refractivity contribution in [2.45, 2.75) is 12.5 Å². The van der Waals surface area contributed by atoms with Gasteiger partial charge in [0.05, 0.1) is 0 Å². The summed E-state index contributed by atoms with van der Waals surface area (Å²) in [5, 5.41) is 13.8. The monoisotopic (exact) mass is 336 g/mol. The Morgan fingerprint density at radius 1 is 1.12 bits per heavy atom. The molecule has 2 amide bonds. The van der Waals surface area contributed by atoms with Gasteiger partial charge in [0.2, 0.25) is 11.8 Å². The normalized spacial score (nSPS) is 11.7. The highest BCUT2D eigenvalue weighted by Crippen LogP contribution is 2.17. The Hall–Kier alpha value is -3.55. The Labute approximate surface area is 143 Å². The Morgan fingerprint density at radius 2 is 1.92 bits per heavy atom. The van der Waals surface area contributed by atoms with Gasteiger partial charge in [-0.15, -0.1) is 5.10 Å². The lowest BCUT2D eigenvalue weighted by Gasteiger charge is -2.16. The molecule has 1 aromatic heterocycles. The van der Waals surface area contributed by atoms with Gasteiger partial charge >= 0.3 is 0 Å². The minimum Gasteiger partial charge on any atom is -0.366 e. The Kier molecular flexibility index (Phi) is 4.79. The van der Waals surface area contributed by atoms with Crippen molar-refractivity contribution in [1.82, 2.24) is 20.2 Å². The molecule has 1 heterocycles. The van der Waals surface area contributed by atoms with Crippen LogP contribution in [-0.4, -0.2) is 32.0 Å². The molecule has 0 saturated carbocycles. The topological polar surface area (TPSA) is 116 Å². The SMILES string of the molecule is NC(=O)c1cccc(NC(=O)[C@H](Cc2ccccc2)n2cnnn2)c1. The van der Waals surface area contributed by atoms with Gasteiger partial charge in [-0.3, -0.25) is 9.59 Å². The summed E-state index contributed by atoms with van der Waals surface area (Å²) in [5.74, 6) is -0.852. The van der Waals surface area contributed by atoms with E-state index in [1.807, 2.05) is 30.3 Å². The van der Waals surface area contributed by atoms with Gasteiger partial charge in [0.15, 0.2) is 0 Å². The van der Waals surface area contributed by atoms with E-state index >= 15 is 0 Å². The van der Waals surface area contributed by atoms with Crippen molar-refractivity contribution in [3.05, 3.63) is 72.1 Å². The number of carbonyl (C=O) groups excluding carboxylic acids is 2. The number of amides is 2. The van der Waals surface area contributed by atoms with Crippen LogP contribution in [0.5, 0.6) is 0 Å². The van der Waals surface area contributed by atoms with Gasteiger partial charge in [0.25, 0.3) is 0 Å². The maximum absolute atomic E-state index is 12.8. The zero-order chi connectivity index (χ0) is 17.6. The van der Waals surface area contributed by atoms with E-state index in [1.165, 1.54) is 17.1 Å². The van der Waals surface area contributed by atoms with E-state index in [2.05, 4.69) is 20.8 Å². The lowest BCUT2D eigenvalue weighted by atomic mass is 10.1. The quantitative estimate of drug-likeness (QED) is 0.701. The predicted octanol–water partition coefficient (Wildman–Crippen LogP) is 1.19. The largest absolute Gasteiger partial charge is 0.366 e. The van der Waals surface area contributed by atoms with Crippen molar-refractivity contribution >= 4 is 17.5 Å². The molecule has 2 aromatic carbocycles. The van der Waals surface area contributed by atoms with Crippen LogP contribution >= 0.6 is 0 Å². The summed E-state index contributed by atoms with van der Waals surface area (Å²) >= 11 is 0. The Balaban J connectivity index is 1.82. The summed E-state index contributed by atoms with van der Waals surface area (Å²) < 4.78 is 1.40. The molecule has 0 bridgehead atoms. The Bertz CT molecular complexity index is 864. The van der Waals surface area contributed by atoms with Crippen LogP contribution in [0, 0.1) is 0 Å². The van der Waals surface area contributed by atoms with E-state index in [0.717, 1.165) is 5.56 Å². The third kappa shape index (κ3) is 4.05. The number of anilines is 1. The first-order chi connectivity index (χ1) is 12.1. The van der Waals surface area contributed by atoms with Gasteiger partial charge in [-0.25, -0.2) is 4.68 Å². The van der Waals surface area contributed by atoms with Crippen molar-refractivity contribution in [3.63, 3.8) is 0 Å². The minimum absolute atomic E-state index is 0.294. The fourth-order valence-electron chi connectivity index (χ4n) is 2.43.